The molecule has 7 nitrogen and oxygen atoms in total. The molecule has 0 saturated carbocycles. The first-order valence-electron chi connectivity index (χ1n) is 6.60. The number of anilines is 3. The van der Waals surface area contributed by atoms with Gasteiger partial charge in [0.15, 0.2) is 11.5 Å². The number of nitrogens with one attached hydrogen (secondary N) is 1. The monoisotopic (exact) mass is 284 g/mol. The molecular formula is C14H16N6O. The first-order chi connectivity index (χ1) is 10.3. The molecule has 21 heavy (non-hydrogen) atoms. The third kappa shape index (κ3) is 2.77. The van der Waals surface area contributed by atoms with Gasteiger partial charge in [0.05, 0.1) is 18.5 Å². The van der Waals surface area contributed by atoms with Gasteiger partial charge in [-0.05, 0) is 12.1 Å². The molecule has 108 valence electrons. The molecule has 0 radical (unpaired) electrons. The molecule has 0 unspecified atom stereocenters. The smallest absolute Gasteiger partial charge is 0.180 e. The number of rotatable bonds is 5. The lowest BCUT2D eigenvalue weighted by molar-refractivity contribution is 0.304. The van der Waals surface area contributed by atoms with Crippen molar-refractivity contribution in [1.29, 1.82) is 0 Å². The van der Waals surface area contributed by atoms with Crippen molar-refractivity contribution in [2.45, 2.75) is 0 Å². The van der Waals surface area contributed by atoms with Crippen molar-refractivity contribution in [3.8, 4) is 0 Å². The molecule has 3 aromatic heterocycles. The maximum Gasteiger partial charge on any atom is 0.180 e. The van der Waals surface area contributed by atoms with Gasteiger partial charge in [0, 0.05) is 38.4 Å². The zero-order chi connectivity index (χ0) is 14.7. The van der Waals surface area contributed by atoms with Crippen LogP contribution in [0.3, 0.4) is 0 Å². The second-order valence-corrected chi connectivity index (χ2v) is 4.61. The fraction of sp³-hybridized carbons (Fsp3) is 0.214. The van der Waals surface area contributed by atoms with Gasteiger partial charge in [0.25, 0.3) is 0 Å². The van der Waals surface area contributed by atoms with Crippen LogP contribution >= 0.6 is 0 Å². The number of imidazole rings is 1. The van der Waals surface area contributed by atoms with E-state index in [0.29, 0.717) is 12.4 Å². The van der Waals surface area contributed by atoms with Crippen LogP contribution in [0.5, 0.6) is 0 Å². The van der Waals surface area contributed by atoms with Crippen molar-refractivity contribution < 1.29 is 5.11 Å². The number of likely N-dealkylation sites (N-methyl/N-ethyl adjacent to an activating group) is 1. The van der Waals surface area contributed by atoms with E-state index in [1.165, 1.54) is 0 Å². The van der Waals surface area contributed by atoms with E-state index in [1.807, 2.05) is 40.9 Å². The molecule has 0 spiro atoms. The van der Waals surface area contributed by atoms with Crippen LogP contribution in [0.2, 0.25) is 0 Å². The van der Waals surface area contributed by atoms with Crippen molar-refractivity contribution in [2.24, 2.45) is 0 Å². The van der Waals surface area contributed by atoms with Crippen LogP contribution in [0.4, 0.5) is 17.3 Å². The van der Waals surface area contributed by atoms with E-state index >= 15 is 0 Å². The second kappa shape index (κ2) is 5.76. The summed E-state index contributed by atoms with van der Waals surface area (Å²) < 4.78 is 1.89. The molecule has 0 amide bonds. The Morgan fingerprint density at radius 2 is 2.00 bits per heavy atom. The van der Waals surface area contributed by atoms with Gasteiger partial charge in [-0.3, -0.25) is 0 Å². The lowest BCUT2D eigenvalue weighted by Crippen LogP contribution is -2.22. The average molecular weight is 284 g/mol. The Kier molecular flexibility index (Phi) is 3.65. The van der Waals surface area contributed by atoms with Crippen LogP contribution in [0.1, 0.15) is 0 Å². The number of aliphatic hydroxyl groups is 1. The Morgan fingerprint density at radius 1 is 1.19 bits per heavy atom. The first kappa shape index (κ1) is 13.3. The summed E-state index contributed by atoms with van der Waals surface area (Å²) in [5, 5.41) is 12.1. The van der Waals surface area contributed by atoms with E-state index in [4.69, 9.17) is 5.11 Å². The Bertz CT molecular complexity index is 724. The van der Waals surface area contributed by atoms with Gasteiger partial charge in [0.1, 0.15) is 5.82 Å². The summed E-state index contributed by atoms with van der Waals surface area (Å²) in [6, 6.07) is 3.81. The van der Waals surface area contributed by atoms with E-state index in [9.17, 15) is 0 Å². The predicted molar refractivity (Wildman–Crippen MR) is 80.9 cm³/mol. The van der Waals surface area contributed by atoms with E-state index in [2.05, 4.69) is 20.3 Å². The van der Waals surface area contributed by atoms with Crippen LogP contribution in [0, 0.1) is 0 Å². The highest BCUT2D eigenvalue weighted by atomic mass is 16.3. The van der Waals surface area contributed by atoms with Crippen LogP contribution in [-0.2, 0) is 0 Å². The third-order valence-electron chi connectivity index (χ3n) is 3.15. The molecule has 0 aromatic carbocycles. The summed E-state index contributed by atoms with van der Waals surface area (Å²) in [5.74, 6) is 1.49. The largest absolute Gasteiger partial charge is 0.395 e. The van der Waals surface area contributed by atoms with Gasteiger partial charge in [0.2, 0.25) is 0 Å². The Hall–Kier alpha value is -2.67. The lowest BCUT2D eigenvalue weighted by atomic mass is 10.3. The summed E-state index contributed by atoms with van der Waals surface area (Å²) in [5.41, 5.74) is 1.60. The molecule has 0 fully saturated rings. The van der Waals surface area contributed by atoms with E-state index in [1.54, 1.807) is 18.6 Å². The molecule has 0 aliphatic rings. The summed E-state index contributed by atoms with van der Waals surface area (Å²) in [4.78, 5) is 14.8. The molecule has 0 aliphatic carbocycles. The van der Waals surface area contributed by atoms with Crippen LogP contribution in [0.15, 0.2) is 43.1 Å². The second-order valence-electron chi connectivity index (χ2n) is 4.61. The molecular weight excluding hydrogens is 268 g/mol. The molecule has 0 atom stereocenters. The first-order valence-corrected chi connectivity index (χ1v) is 6.60. The average Bonchev–Trinajstić information content (AvgIpc) is 2.98. The minimum atomic E-state index is 0.101. The maximum atomic E-state index is 8.93. The molecule has 3 rings (SSSR count). The topological polar surface area (TPSA) is 78.6 Å². The molecule has 7 heteroatoms. The van der Waals surface area contributed by atoms with Crippen LogP contribution in [-0.4, -0.2) is 44.7 Å². The van der Waals surface area contributed by atoms with Gasteiger partial charge < -0.3 is 19.7 Å². The fourth-order valence-electron chi connectivity index (χ4n) is 2.03. The number of fused-ring (bicyclic) bond motifs is 1. The third-order valence-corrected chi connectivity index (χ3v) is 3.15. The summed E-state index contributed by atoms with van der Waals surface area (Å²) in [6.45, 7) is 0.651. The lowest BCUT2D eigenvalue weighted by Gasteiger charge is -2.16. The van der Waals surface area contributed by atoms with Gasteiger partial charge in [-0.15, -0.1) is 0 Å². The van der Waals surface area contributed by atoms with Gasteiger partial charge >= 0.3 is 0 Å². The summed E-state index contributed by atoms with van der Waals surface area (Å²) in [7, 11) is 1.89. The van der Waals surface area contributed by atoms with Crippen LogP contribution in [0.25, 0.3) is 5.65 Å². The zero-order valence-corrected chi connectivity index (χ0v) is 11.6. The summed E-state index contributed by atoms with van der Waals surface area (Å²) >= 11 is 0. The van der Waals surface area contributed by atoms with Gasteiger partial charge in [-0.25, -0.2) is 15.0 Å². The minimum absolute atomic E-state index is 0.101. The van der Waals surface area contributed by atoms with Crippen molar-refractivity contribution in [3.05, 3.63) is 43.1 Å². The molecule has 0 aliphatic heterocycles. The highest BCUT2D eigenvalue weighted by Gasteiger charge is 2.05. The number of nitrogens with zero attached hydrogens (tertiary/aromatic N) is 5. The number of hydrogen-bond donors (Lipinski definition) is 2. The molecule has 3 aromatic rings. The van der Waals surface area contributed by atoms with E-state index in [-0.39, 0.29) is 6.61 Å². The van der Waals surface area contributed by atoms with E-state index < -0.39 is 0 Å². The Balaban J connectivity index is 1.80. The predicted octanol–water partition coefficient (Wildman–Crippen LogP) is 1.30. The highest BCUT2D eigenvalue weighted by molar-refractivity contribution is 5.69. The van der Waals surface area contributed by atoms with Crippen molar-refractivity contribution in [3.63, 3.8) is 0 Å². The fourth-order valence-corrected chi connectivity index (χ4v) is 2.03. The molecule has 2 N–H and O–H groups in total. The van der Waals surface area contributed by atoms with Crippen LogP contribution < -0.4 is 10.2 Å². The van der Waals surface area contributed by atoms with Gasteiger partial charge in [-0.2, -0.15) is 0 Å². The quantitative estimate of drug-likeness (QED) is 0.735. The van der Waals surface area contributed by atoms with Crippen molar-refractivity contribution in [2.75, 3.05) is 30.4 Å². The molecule has 0 saturated heterocycles. The standard InChI is InChI=1S/C14H16N6O/c1-19(8-9-21)12-3-2-11(10-17-12)18-13-14-16-5-7-20(14)6-4-15-13/h2-7,10,21H,8-9H2,1H3,(H,15,18). The van der Waals surface area contributed by atoms with E-state index in [0.717, 1.165) is 17.2 Å². The molecule has 0 bridgehead atoms. The minimum Gasteiger partial charge on any atom is -0.395 e. The Labute approximate surface area is 121 Å². The number of hydrogen-bond acceptors (Lipinski definition) is 6. The normalized spacial score (nSPS) is 10.8. The SMILES string of the molecule is CN(CCO)c1ccc(Nc2nccn3ccnc23)cn1. The summed E-state index contributed by atoms with van der Waals surface area (Å²) in [6.07, 6.45) is 8.89. The van der Waals surface area contributed by atoms with Crippen molar-refractivity contribution in [1.82, 2.24) is 19.4 Å². The maximum absolute atomic E-state index is 8.93. The molecule has 3 heterocycles. The zero-order valence-electron chi connectivity index (χ0n) is 11.6. The highest BCUT2D eigenvalue weighted by Crippen LogP contribution is 2.19. The van der Waals surface area contributed by atoms with Gasteiger partial charge in [-0.1, -0.05) is 0 Å². The number of aromatic nitrogens is 4. The number of aliphatic hydroxyl groups excluding tert-OH is 1. The number of pyridine rings is 1. The Morgan fingerprint density at radius 3 is 2.71 bits per heavy atom. The van der Waals surface area contributed by atoms with Crippen molar-refractivity contribution >= 4 is 23.0 Å².